The average molecular weight is 284 g/mol. The fraction of sp³-hybridized carbons (Fsp3) is 0.545. The summed E-state index contributed by atoms with van der Waals surface area (Å²) >= 11 is 3.87. The number of hydrogen-bond donors (Lipinski definition) is 2. The van der Waals surface area contributed by atoms with E-state index in [1.165, 1.54) is 17.7 Å². The molecule has 0 radical (unpaired) electrons. The van der Waals surface area contributed by atoms with Gasteiger partial charge in [0.1, 0.15) is 11.5 Å². The van der Waals surface area contributed by atoms with Crippen molar-refractivity contribution in [1.82, 2.24) is 15.3 Å². The summed E-state index contributed by atoms with van der Waals surface area (Å²) in [6.45, 7) is 0.696. The lowest BCUT2D eigenvalue weighted by atomic mass is 10.4. The first-order valence-corrected chi connectivity index (χ1v) is 7.97. The van der Waals surface area contributed by atoms with Crippen molar-refractivity contribution in [2.45, 2.75) is 5.25 Å². The van der Waals surface area contributed by atoms with E-state index in [0.717, 1.165) is 5.75 Å². The van der Waals surface area contributed by atoms with Crippen LogP contribution < -0.4 is 10.6 Å². The van der Waals surface area contributed by atoms with Gasteiger partial charge in [-0.25, -0.2) is 4.98 Å². The molecule has 2 heterocycles. The van der Waals surface area contributed by atoms with Crippen molar-refractivity contribution in [2.75, 3.05) is 36.2 Å². The Labute approximate surface area is 115 Å². The van der Waals surface area contributed by atoms with Crippen LogP contribution in [0.3, 0.4) is 0 Å². The van der Waals surface area contributed by atoms with Gasteiger partial charge in [-0.3, -0.25) is 9.78 Å². The highest BCUT2D eigenvalue weighted by Crippen LogP contribution is 2.23. The van der Waals surface area contributed by atoms with Crippen LogP contribution in [0.4, 0.5) is 5.82 Å². The van der Waals surface area contributed by atoms with E-state index >= 15 is 0 Å². The van der Waals surface area contributed by atoms with Crippen molar-refractivity contribution in [3.8, 4) is 0 Å². The highest BCUT2D eigenvalue weighted by molar-refractivity contribution is 8.06. The summed E-state index contributed by atoms with van der Waals surface area (Å²) in [6, 6.07) is 0. The lowest BCUT2D eigenvalue weighted by Crippen LogP contribution is -2.34. The Hall–Kier alpha value is -0.950. The number of aromatic nitrogens is 2. The van der Waals surface area contributed by atoms with Crippen molar-refractivity contribution in [2.24, 2.45) is 0 Å². The number of carbonyl (C=O) groups excluding carboxylic acids is 1. The van der Waals surface area contributed by atoms with Gasteiger partial charge >= 0.3 is 0 Å². The van der Waals surface area contributed by atoms with E-state index in [0.29, 0.717) is 23.3 Å². The van der Waals surface area contributed by atoms with Crippen molar-refractivity contribution < 1.29 is 4.79 Å². The molecule has 98 valence electrons. The summed E-state index contributed by atoms with van der Waals surface area (Å²) in [7, 11) is 1.75. The van der Waals surface area contributed by atoms with Crippen LogP contribution >= 0.6 is 23.5 Å². The average Bonchev–Trinajstić information content (AvgIpc) is 2.46. The molecule has 0 saturated carbocycles. The van der Waals surface area contributed by atoms with Gasteiger partial charge in [0.15, 0.2) is 0 Å². The van der Waals surface area contributed by atoms with Gasteiger partial charge in [-0.15, -0.1) is 0 Å². The Balaban J connectivity index is 1.86. The van der Waals surface area contributed by atoms with Crippen molar-refractivity contribution in [3.05, 3.63) is 18.1 Å². The summed E-state index contributed by atoms with van der Waals surface area (Å²) in [5, 5.41) is 6.29. The molecule has 1 saturated heterocycles. The molecule has 0 bridgehead atoms. The standard InChI is InChI=1S/C11H16N4OS2/c1-12-10-6-13-5-9(15-10)11(16)14-4-8-7-17-2-3-18-8/h5-6,8H,2-4,7H2,1H3,(H,12,15)(H,14,16). The second-order valence-electron chi connectivity index (χ2n) is 3.82. The lowest BCUT2D eigenvalue weighted by Gasteiger charge is -2.20. The fourth-order valence-electron chi connectivity index (χ4n) is 1.55. The molecular formula is C11H16N4OS2. The Morgan fingerprint density at radius 1 is 1.50 bits per heavy atom. The maximum atomic E-state index is 11.9. The second kappa shape index (κ2) is 6.84. The predicted molar refractivity (Wildman–Crippen MR) is 77.5 cm³/mol. The number of thioether (sulfide) groups is 2. The van der Waals surface area contributed by atoms with Gasteiger partial charge in [0.25, 0.3) is 5.91 Å². The minimum Gasteiger partial charge on any atom is -0.372 e. The smallest absolute Gasteiger partial charge is 0.271 e. The zero-order valence-corrected chi connectivity index (χ0v) is 11.8. The van der Waals surface area contributed by atoms with Gasteiger partial charge in [0.05, 0.1) is 12.4 Å². The topological polar surface area (TPSA) is 66.9 Å². The van der Waals surface area contributed by atoms with E-state index in [2.05, 4.69) is 20.6 Å². The Morgan fingerprint density at radius 2 is 2.39 bits per heavy atom. The minimum absolute atomic E-state index is 0.157. The fourth-order valence-corrected chi connectivity index (χ4v) is 4.16. The third-order valence-corrected chi connectivity index (χ3v) is 5.34. The molecule has 1 unspecified atom stereocenters. The van der Waals surface area contributed by atoms with Crippen LogP contribution in [-0.2, 0) is 0 Å². The molecule has 1 atom stereocenters. The first-order chi connectivity index (χ1) is 8.79. The molecular weight excluding hydrogens is 268 g/mol. The molecule has 1 aromatic heterocycles. The Bertz CT molecular complexity index is 410. The minimum atomic E-state index is -0.157. The van der Waals surface area contributed by atoms with Gasteiger partial charge in [-0.1, -0.05) is 0 Å². The van der Waals surface area contributed by atoms with Crippen LogP contribution in [-0.4, -0.2) is 52.0 Å². The Morgan fingerprint density at radius 3 is 3.11 bits per heavy atom. The molecule has 18 heavy (non-hydrogen) atoms. The van der Waals surface area contributed by atoms with E-state index in [1.54, 1.807) is 13.2 Å². The number of carbonyl (C=O) groups is 1. The van der Waals surface area contributed by atoms with Crippen LogP contribution in [0.15, 0.2) is 12.4 Å². The van der Waals surface area contributed by atoms with E-state index < -0.39 is 0 Å². The summed E-state index contributed by atoms with van der Waals surface area (Å²) in [5.74, 6) is 3.93. The van der Waals surface area contributed by atoms with E-state index in [-0.39, 0.29) is 5.91 Å². The third-order valence-electron chi connectivity index (χ3n) is 2.50. The molecule has 1 aliphatic rings. The molecule has 2 N–H and O–H groups in total. The zero-order chi connectivity index (χ0) is 12.8. The lowest BCUT2D eigenvalue weighted by molar-refractivity contribution is 0.0949. The molecule has 1 amide bonds. The van der Waals surface area contributed by atoms with Gasteiger partial charge in [0.2, 0.25) is 0 Å². The summed E-state index contributed by atoms with van der Waals surface area (Å²) < 4.78 is 0. The third kappa shape index (κ3) is 3.78. The maximum Gasteiger partial charge on any atom is 0.271 e. The summed E-state index contributed by atoms with van der Waals surface area (Å²) in [6.07, 6.45) is 3.07. The largest absolute Gasteiger partial charge is 0.372 e. The van der Waals surface area contributed by atoms with Gasteiger partial charge < -0.3 is 10.6 Å². The van der Waals surface area contributed by atoms with E-state index in [4.69, 9.17) is 0 Å². The summed E-state index contributed by atoms with van der Waals surface area (Å²) in [4.78, 5) is 20.0. The molecule has 0 aliphatic carbocycles. The van der Waals surface area contributed by atoms with Crippen LogP contribution in [0.5, 0.6) is 0 Å². The SMILES string of the molecule is CNc1cncc(C(=O)NCC2CSCCS2)n1. The monoisotopic (exact) mass is 284 g/mol. The Kier molecular flexibility index (Phi) is 5.12. The van der Waals surface area contributed by atoms with E-state index in [1.807, 2.05) is 23.5 Å². The molecule has 1 aliphatic heterocycles. The van der Waals surface area contributed by atoms with Crippen molar-refractivity contribution in [1.29, 1.82) is 0 Å². The molecule has 1 aromatic rings. The predicted octanol–water partition coefficient (Wildman–Crippen LogP) is 1.10. The molecule has 7 heteroatoms. The first-order valence-electron chi connectivity index (χ1n) is 5.77. The number of nitrogens with zero attached hydrogens (tertiary/aromatic N) is 2. The molecule has 0 spiro atoms. The number of anilines is 1. The number of hydrogen-bond acceptors (Lipinski definition) is 6. The normalized spacial score (nSPS) is 19.3. The number of amides is 1. The number of rotatable bonds is 4. The van der Waals surface area contributed by atoms with Crippen LogP contribution in [0.2, 0.25) is 0 Å². The molecule has 5 nitrogen and oxygen atoms in total. The zero-order valence-electron chi connectivity index (χ0n) is 10.2. The highest BCUT2D eigenvalue weighted by atomic mass is 32.2. The van der Waals surface area contributed by atoms with Crippen LogP contribution in [0, 0.1) is 0 Å². The molecule has 1 fully saturated rings. The second-order valence-corrected chi connectivity index (χ2v) is 6.38. The van der Waals surface area contributed by atoms with Gasteiger partial charge in [-0.2, -0.15) is 23.5 Å². The first kappa shape index (κ1) is 13.5. The number of nitrogens with one attached hydrogen (secondary N) is 2. The van der Waals surface area contributed by atoms with Gasteiger partial charge in [-0.05, 0) is 0 Å². The molecule has 2 rings (SSSR count). The van der Waals surface area contributed by atoms with Crippen molar-refractivity contribution in [3.63, 3.8) is 0 Å². The summed E-state index contributed by atoms with van der Waals surface area (Å²) in [5.41, 5.74) is 0.357. The van der Waals surface area contributed by atoms with E-state index in [9.17, 15) is 4.79 Å². The molecule has 0 aromatic carbocycles. The van der Waals surface area contributed by atoms with Crippen LogP contribution in [0.1, 0.15) is 10.5 Å². The quantitative estimate of drug-likeness (QED) is 0.863. The van der Waals surface area contributed by atoms with Gasteiger partial charge in [0, 0.05) is 36.1 Å². The maximum absolute atomic E-state index is 11.9. The van der Waals surface area contributed by atoms with Crippen molar-refractivity contribution >= 4 is 35.2 Å². The highest BCUT2D eigenvalue weighted by Gasteiger charge is 2.16. The van der Waals surface area contributed by atoms with Crippen LogP contribution in [0.25, 0.3) is 0 Å².